The number of hydrogen-bond donors (Lipinski definition) is 0. The van der Waals surface area contributed by atoms with Gasteiger partial charge in [0.05, 0.1) is 17.7 Å². The maximum absolute atomic E-state index is 13.7. The van der Waals surface area contributed by atoms with Crippen molar-refractivity contribution in [3.63, 3.8) is 0 Å². The Morgan fingerprint density at radius 1 is 1.29 bits per heavy atom. The van der Waals surface area contributed by atoms with E-state index in [1.54, 1.807) is 0 Å². The van der Waals surface area contributed by atoms with E-state index in [2.05, 4.69) is 31.9 Å². The van der Waals surface area contributed by atoms with Crippen molar-refractivity contribution >= 4 is 70.4 Å². The van der Waals surface area contributed by atoms with Gasteiger partial charge in [0, 0.05) is 6.92 Å². The fraction of sp³-hybridized carbons (Fsp3) is 0.125. The van der Waals surface area contributed by atoms with Gasteiger partial charge in [0.2, 0.25) is 0 Å². The van der Waals surface area contributed by atoms with Gasteiger partial charge in [-0.25, -0.2) is 4.39 Å². The lowest BCUT2D eigenvalue weighted by molar-refractivity contribution is 0.101. The van der Waals surface area contributed by atoms with E-state index < -0.39 is 5.82 Å². The van der Waals surface area contributed by atoms with E-state index in [-0.39, 0.29) is 10.7 Å². The van der Waals surface area contributed by atoms with E-state index in [1.807, 2.05) is 0 Å². The highest BCUT2D eigenvalue weighted by Gasteiger charge is 2.21. The lowest BCUT2D eigenvalue weighted by Crippen LogP contribution is -1.89. The van der Waals surface area contributed by atoms with Gasteiger partial charge in [-0.2, -0.15) is 0 Å². The molecule has 0 fully saturated rings. The van der Waals surface area contributed by atoms with Crippen LogP contribution in [0.15, 0.2) is 7.57 Å². The third-order valence-corrected chi connectivity index (χ3v) is 5.93. The van der Waals surface area contributed by atoms with Crippen LogP contribution < -0.4 is 0 Å². The molecule has 0 unspecified atom stereocenters. The molecule has 2 heterocycles. The normalized spacial score (nSPS) is 11.1. The summed E-state index contributed by atoms with van der Waals surface area (Å²) in [7, 11) is 0. The quantitative estimate of drug-likeness (QED) is 0.668. The number of carbonyl (C=O) groups is 1. The average molecular weight is 358 g/mol. The fourth-order valence-corrected chi connectivity index (χ4v) is 5.57. The lowest BCUT2D eigenvalue weighted by Gasteiger charge is -1.87. The van der Waals surface area contributed by atoms with Crippen molar-refractivity contribution in [3.05, 3.63) is 18.3 Å². The second kappa shape index (κ2) is 3.66. The van der Waals surface area contributed by atoms with Crippen molar-refractivity contribution in [2.45, 2.75) is 6.92 Å². The minimum atomic E-state index is -0.411. The third kappa shape index (κ3) is 1.48. The predicted octanol–water partition coefficient (Wildman–Crippen LogP) is 4.83. The van der Waals surface area contributed by atoms with E-state index >= 15 is 0 Å². The minimum absolute atomic E-state index is 0.198. The molecular formula is C8H3Br2FOS2. The van der Waals surface area contributed by atoms with Gasteiger partial charge in [-0.05, 0) is 31.9 Å². The van der Waals surface area contributed by atoms with E-state index in [9.17, 15) is 9.18 Å². The molecule has 0 spiro atoms. The number of Topliss-reactive ketones (excluding diaryl/α,β-unsaturated/α-hetero) is 1. The summed E-state index contributed by atoms with van der Waals surface area (Å²) in [6.07, 6.45) is 0. The highest BCUT2D eigenvalue weighted by atomic mass is 79.9. The topological polar surface area (TPSA) is 17.1 Å². The van der Waals surface area contributed by atoms with Gasteiger partial charge in [0.15, 0.2) is 11.6 Å². The molecule has 14 heavy (non-hydrogen) atoms. The second-order valence-electron chi connectivity index (χ2n) is 2.65. The molecule has 2 aromatic heterocycles. The lowest BCUT2D eigenvalue weighted by atomic mass is 10.3. The maximum Gasteiger partial charge on any atom is 0.172 e. The van der Waals surface area contributed by atoms with Crippen molar-refractivity contribution < 1.29 is 9.18 Å². The van der Waals surface area contributed by atoms with Crippen molar-refractivity contribution in [2.75, 3.05) is 0 Å². The highest BCUT2D eigenvalue weighted by molar-refractivity contribution is 9.12. The summed E-state index contributed by atoms with van der Waals surface area (Å²) in [5.74, 6) is -0.640. The Balaban J connectivity index is 2.87. The van der Waals surface area contributed by atoms with Crippen LogP contribution in [0.3, 0.4) is 0 Å². The van der Waals surface area contributed by atoms with E-state index in [0.29, 0.717) is 5.39 Å². The van der Waals surface area contributed by atoms with Gasteiger partial charge < -0.3 is 0 Å². The molecule has 0 amide bonds. The summed E-state index contributed by atoms with van der Waals surface area (Å²) >= 11 is 9.21. The van der Waals surface area contributed by atoms with Crippen LogP contribution in [0.2, 0.25) is 0 Å². The van der Waals surface area contributed by atoms with Crippen LogP contribution in [0.1, 0.15) is 16.6 Å². The number of carbonyl (C=O) groups excluding carboxylic acids is 1. The molecule has 74 valence electrons. The molecule has 0 saturated carbocycles. The Labute approximate surface area is 104 Å². The number of rotatable bonds is 1. The van der Waals surface area contributed by atoms with Crippen LogP contribution in [0.4, 0.5) is 4.39 Å². The number of fused-ring (bicyclic) bond motifs is 1. The van der Waals surface area contributed by atoms with E-state index in [1.165, 1.54) is 29.6 Å². The Morgan fingerprint density at radius 2 is 1.93 bits per heavy atom. The molecule has 0 aromatic carbocycles. The summed E-state index contributed by atoms with van der Waals surface area (Å²) in [5.41, 5.74) is 0. The van der Waals surface area contributed by atoms with Crippen molar-refractivity contribution in [3.8, 4) is 0 Å². The number of hydrogen-bond acceptors (Lipinski definition) is 3. The number of ketones is 1. The fourth-order valence-electron chi connectivity index (χ4n) is 1.13. The van der Waals surface area contributed by atoms with Crippen LogP contribution in [-0.2, 0) is 0 Å². The molecule has 0 aliphatic carbocycles. The maximum atomic E-state index is 13.7. The second-order valence-corrected chi connectivity index (χ2v) is 7.33. The minimum Gasteiger partial charge on any atom is -0.293 e. The monoisotopic (exact) mass is 356 g/mol. The van der Waals surface area contributed by atoms with E-state index in [0.717, 1.165) is 12.3 Å². The summed E-state index contributed by atoms with van der Waals surface area (Å²) in [6.45, 7) is 1.37. The Morgan fingerprint density at radius 3 is 2.43 bits per heavy atom. The van der Waals surface area contributed by atoms with Gasteiger partial charge >= 0.3 is 0 Å². The van der Waals surface area contributed by atoms with Crippen molar-refractivity contribution in [1.29, 1.82) is 0 Å². The molecule has 0 aliphatic heterocycles. The van der Waals surface area contributed by atoms with Crippen LogP contribution in [0.5, 0.6) is 0 Å². The van der Waals surface area contributed by atoms with Crippen LogP contribution in [-0.4, -0.2) is 5.78 Å². The van der Waals surface area contributed by atoms with Gasteiger partial charge in [-0.1, -0.05) is 0 Å². The molecule has 0 saturated heterocycles. The number of halogens is 3. The molecule has 1 nitrogen and oxygen atoms in total. The van der Waals surface area contributed by atoms with Crippen molar-refractivity contribution in [1.82, 2.24) is 0 Å². The molecular weight excluding hydrogens is 355 g/mol. The van der Waals surface area contributed by atoms with Crippen LogP contribution >= 0.6 is 54.5 Å². The van der Waals surface area contributed by atoms with Gasteiger partial charge in [-0.3, -0.25) is 4.79 Å². The summed E-state index contributed by atoms with van der Waals surface area (Å²) in [4.78, 5) is 11.3. The molecule has 0 atom stereocenters. The Hall–Kier alpha value is 0.220. The first kappa shape index (κ1) is 10.7. The number of thiophene rings is 2. The zero-order valence-corrected chi connectivity index (χ0v) is 11.7. The molecule has 0 N–H and O–H groups in total. The van der Waals surface area contributed by atoms with Gasteiger partial charge in [0.1, 0.15) is 4.88 Å². The summed E-state index contributed by atoms with van der Waals surface area (Å²) < 4.78 is 16.1. The Kier molecular flexibility index (Phi) is 2.81. The SMILES string of the molecule is CC(=O)c1sc2c(Br)sc(Br)c2c1F. The zero-order chi connectivity index (χ0) is 10.5. The summed E-state index contributed by atoms with van der Waals surface area (Å²) in [6, 6.07) is 0. The molecule has 0 bridgehead atoms. The smallest absolute Gasteiger partial charge is 0.172 e. The first-order valence-corrected chi connectivity index (χ1v) is 6.81. The first-order valence-electron chi connectivity index (χ1n) is 3.59. The van der Waals surface area contributed by atoms with Crippen molar-refractivity contribution in [2.24, 2.45) is 0 Å². The molecule has 0 aliphatic rings. The molecule has 0 radical (unpaired) electrons. The van der Waals surface area contributed by atoms with Gasteiger partial charge in [-0.15, -0.1) is 22.7 Å². The van der Waals surface area contributed by atoms with Crippen LogP contribution in [0.25, 0.3) is 10.1 Å². The molecule has 2 rings (SSSR count). The van der Waals surface area contributed by atoms with Gasteiger partial charge in [0.25, 0.3) is 0 Å². The summed E-state index contributed by atoms with van der Waals surface area (Å²) in [5, 5.41) is 0.511. The average Bonchev–Trinajstić information content (AvgIpc) is 2.54. The molecule has 6 heteroatoms. The van der Waals surface area contributed by atoms with E-state index in [4.69, 9.17) is 0 Å². The largest absolute Gasteiger partial charge is 0.293 e. The van der Waals surface area contributed by atoms with Crippen LogP contribution in [0, 0.1) is 5.82 Å². The molecule has 2 aromatic rings. The highest BCUT2D eigenvalue weighted by Crippen LogP contribution is 2.45. The standard InChI is InChI=1S/C8H3Br2FOS2/c1-2(12)5-4(11)3-6(13-5)8(10)14-7(3)9/h1H3. The third-order valence-electron chi connectivity index (χ3n) is 1.72. The predicted molar refractivity (Wildman–Crippen MR) is 65.1 cm³/mol. The first-order chi connectivity index (χ1) is 6.52. The Bertz CT molecular complexity index is 529. The zero-order valence-electron chi connectivity index (χ0n) is 6.86.